The second kappa shape index (κ2) is 5.52. The van der Waals surface area contributed by atoms with Gasteiger partial charge in [0.25, 0.3) is 5.91 Å². The Morgan fingerprint density at radius 1 is 1.30 bits per heavy atom. The molecule has 3 rings (SSSR count). The molecule has 1 aliphatic heterocycles. The Labute approximate surface area is 133 Å². The van der Waals surface area contributed by atoms with E-state index < -0.39 is 17.3 Å². The molecule has 0 spiro atoms. The highest BCUT2D eigenvalue weighted by molar-refractivity contribution is 6.10. The van der Waals surface area contributed by atoms with Crippen molar-refractivity contribution in [2.24, 2.45) is 0 Å². The normalized spacial score (nSPS) is 19.7. The number of para-hydroxylation sites is 1. The molecule has 0 fully saturated rings. The van der Waals surface area contributed by atoms with E-state index in [9.17, 15) is 14.7 Å². The number of hydrogen-bond acceptors (Lipinski definition) is 4. The van der Waals surface area contributed by atoms with E-state index in [1.54, 1.807) is 37.3 Å². The minimum absolute atomic E-state index is 0.127. The van der Waals surface area contributed by atoms with Gasteiger partial charge >= 0.3 is 0 Å². The van der Waals surface area contributed by atoms with Gasteiger partial charge in [-0.15, -0.1) is 0 Å². The smallest absolute Gasteiger partial charge is 0.264 e. The number of Topliss-reactive ketones (excluding diaryl/α,β-unsaturated/α-hetero) is 1. The van der Waals surface area contributed by atoms with E-state index in [1.807, 2.05) is 0 Å². The zero-order valence-corrected chi connectivity index (χ0v) is 12.8. The van der Waals surface area contributed by atoms with Crippen LogP contribution in [0.2, 0.25) is 0 Å². The van der Waals surface area contributed by atoms with Gasteiger partial charge in [-0.25, -0.2) is 0 Å². The molecule has 5 heteroatoms. The molecule has 0 saturated heterocycles. The molecule has 0 saturated carbocycles. The molecule has 118 valence electrons. The maximum atomic E-state index is 12.8. The van der Waals surface area contributed by atoms with Gasteiger partial charge in [0.2, 0.25) is 5.78 Å². The molecule has 0 radical (unpaired) electrons. The highest BCUT2D eigenvalue weighted by Gasteiger charge is 2.50. The molecule has 23 heavy (non-hydrogen) atoms. The molecule has 1 N–H and O–H groups in total. The van der Waals surface area contributed by atoms with Crippen LogP contribution in [-0.4, -0.2) is 23.3 Å². The number of fused-ring (bicyclic) bond motifs is 1. The number of benzene rings is 1. The van der Waals surface area contributed by atoms with Gasteiger partial charge in [0.1, 0.15) is 0 Å². The number of aliphatic hydroxyl groups is 1. The molecule has 2 aromatic rings. The molecule has 0 bridgehead atoms. The van der Waals surface area contributed by atoms with Crippen molar-refractivity contribution >= 4 is 17.4 Å². The standard InChI is InChI=1S/C18H17NO4/c1-12(2)11-19-14-7-4-3-6-13(14)18(22,17(19)21)10-15(20)16-8-5-9-23-16/h3-9,22H,1,10-11H2,2H3/t18-/m1/s1. The Hall–Kier alpha value is -2.66. The van der Waals surface area contributed by atoms with Crippen LogP contribution in [0.15, 0.2) is 59.2 Å². The zero-order valence-electron chi connectivity index (χ0n) is 12.8. The summed E-state index contributed by atoms with van der Waals surface area (Å²) in [6, 6.07) is 10.1. The van der Waals surface area contributed by atoms with Crippen LogP contribution in [0, 0.1) is 0 Å². The maximum absolute atomic E-state index is 12.8. The Morgan fingerprint density at radius 2 is 2.04 bits per heavy atom. The van der Waals surface area contributed by atoms with Gasteiger partial charge in [-0.3, -0.25) is 9.59 Å². The number of hydrogen-bond donors (Lipinski definition) is 1. The number of amides is 1. The summed E-state index contributed by atoms with van der Waals surface area (Å²) in [5, 5.41) is 11.0. The third-order valence-corrected chi connectivity index (χ3v) is 3.88. The first-order chi connectivity index (χ1) is 10.9. The Balaban J connectivity index is 1.99. The van der Waals surface area contributed by atoms with Crippen molar-refractivity contribution < 1.29 is 19.1 Å². The molecular weight excluding hydrogens is 294 g/mol. The summed E-state index contributed by atoms with van der Waals surface area (Å²) in [6.07, 6.45) is 1.03. The molecule has 1 amide bonds. The third kappa shape index (κ3) is 2.49. The van der Waals surface area contributed by atoms with Crippen molar-refractivity contribution in [3.05, 3.63) is 66.1 Å². The number of ketones is 1. The van der Waals surface area contributed by atoms with Gasteiger partial charge < -0.3 is 14.4 Å². The first-order valence-electron chi connectivity index (χ1n) is 7.28. The third-order valence-electron chi connectivity index (χ3n) is 3.88. The van der Waals surface area contributed by atoms with Crippen molar-refractivity contribution in [1.29, 1.82) is 0 Å². The van der Waals surface area contributed by atoms with Gasteiger partial charge in [0.05, 0.1) is 18.4 Å². The summed E-state index contributed by atoms with van der Waals surface area (Å²) < 4.78 is 5.07. The zero-order chi connectivity index (χ0) is 16.6. The van der Waals surface area contributed by atoms with E-state index in [4.69, 9.17) is 4.42 Å². The summed E-state index contributed by atoms with van der Waals surface area (Å²) in [5.74, 6) is -0.804. The summed E-state index contributed by atoms with van der Waals surface area (Å²) in [4.78, 5) is 26.6. The number of nitrogens with zero attached hydrogens (tertiary/aromatic N) is 1. The Bertz CT molecular complexity index is 778. The maximum Gasteiger partial charge on any atom is 0.264 e. The Kier molecular flexibility index (Phi) is 3.66. The monoisotopic (exact) mass is 311 g/mol. The van der Waals surface area contributed by atoms with Gasteiger partial charge in [-0.2, -0.15) is 0 Å². The van der Waals surface area contributed by atoms with E-state index in [0.29, 0.717) is 17.8 Å². The van der Waals surface area contributed by atoms with Gasteiger partial charge in [-0.05, 0) is 25.1 Å². The average Bonchev–Trinajstić information content (AvgIpc) is 3.11. The van der Waals surface area contributed by atoms with Crippen LogP contribution >= 0.6 is 0 Å². The topological polar surface area (TPSA) is 70.8 Å². The van der Waals surface area contributed by atoms with Gasteiger partial charge in [0, 0.05) is 12.1 Å². The highest BCUT2D eigenvalue weighted by Crippen LogP contribution is 2.43. The van der Waals surface area contributed by atoms with Crippen molar-refractivity contribution in [3.8, 4) is 0 Å². The molecule has 1 aromatic heterocycles. The summed E-state index contributed by atoms with van der Waals surface area (Å²) in [7, 11) is 0. The van der Waals surface area contributed by atoms with Crippen LogP contribution in [0.1, 0.15) is 29.5 Å². The van der Waals surface area contributed by atoms with E-state index >= 15 is 0 Å². The first kappa shape index (κ1) is 15.2. The average molecular weight is 311 g/mol. The quantitative estimate of drug-likeness (QED) is 0.681. The predicted molar refractivity (Wildman–Crippen MR) is 85.2 cm³/mol. The van der Waals surface area contributed by atoms with Crippen molar-refractivity contribution in [3.63, 3.8) is 0 Å². The van der Waals surface area contributed by atoms with Crippen LogP contribution < -0.4 is 4.90 Å². The highest BCUT2D eigenvalue weighted by atomic mass is 16.3. The number of carbonyl (C=O) groups is 2. The lowest BCUT2D eigenvalue weighted by molar-refractivity contribution is -0.135. The predicted octanol–water partition coefficient (Wildman–Crippen LogP) is 2.66. The molecular formula is C18H17NO4. The molecule has 2 heterocycles. The minimum Gasteiger partial charge on any atom is -0.461 e. The molecule has 1 aromatic carbocycles. The van der Waals surface area contributed by atoms with Crippen LogP contribution in [0.5, 0.6) is 0 Å². The fraction of sp³-hybridized carbons (Fsp3) is 0.222. The van der Waals surface area contributed by atoms with E-state index in [-0.39, 0.29) is 12.2 Å². The first-order valence-corrected chi connectivity index (χ1v) is 7.28. The molecule has 1 atom stereocenters. The summed E-state index contributed by atoms with van der Waals surface area (Å²) in [5.41, 5.74) is -0.0493. The lowest BCUT2D eigenvalue weighted by Crippen LogP contribution is -2.42. The van der Waals surface area contributed by atoms with Crippen LogP contribution in [0.25, 0.3) is 0 Å². The summed E-state index contributed by atoms with van der Waals surface area (Å²) in [6.45, 7) is 5.92. The fourth-order valence-corrected chi connectivity index (χ4v) is 2.86. The van der Waals surface area contributed by atoms with Crippen molar-refractivity contribution in [2.45, 2.75) is 18.9 Å². The lowest BCUT2D eigenvalue weighted by Gasteiger charge is -2.22. The second-order valence-corrected chi connectivity index (χ2v) is 5.80. The van der Waals surface area contributed by atoms with Crippen LogP contribution in [0.3, 0.4) is 0 Å². The second-order valence-electron chi connectivity index (χ2n) is 5.80. The van der Waals surface area contributed by atoms with Gasteiger partial charge in [0.15, 0.2) is 11.4 Å². The minimum atomic E-state index is -1.88. The SMILES string of the molecule is C=C(C)CN1C(=O)[C@@](O)(CC(=O)c2ccco2)c2ccccc21. The largest absolute Gasteiger partial charge is 0.461 e. The molecule has 1 aliphatic rings. The van der Waals surface area contributed by atoms with Crippen LogP contribution in [-0.2, 0) is 10.4 Å². The number of furan rings is 1. The fourth-order valence-electron chi connectivity index (χ4n) is 2.86. The summed E-state index contributed by atoms with van der Waals surface area (Å²) >= 11 is 0. The van der Waals surface area contributed by atoms with Crippen molar-refractivity contribution in [1.82, 2.24) is 0 Å². The molecule has 5 nitrogen and oxygen atoms in total. The van der Waals surface area contributed by atoms with E-state index in [2.05, 4.69) is 6.58 Å². The number of carbonyl (C=O) groups excluding carboxylic acids is 2. The van der Waals surface area contributed by atoms with Gasteiger partial charge in [-0.1, -0.05) is 30.4 Å². The Morgan fingerprint density at radius 3 is 2.70 bits per heavy atom. The van der Waals surface area contributed by atoms with E-state index in [1.165, 1.54) is 17.2 Å². The molecule has 0 aliphatic carbocycles. The van der Waals surface area contributed by atoms with Crippen LogP contribution in [0.4, 0.5) is 5.69 Å². The molecule has 0 unspecified atom stereocenters. The lowest BCUT2D eigenvalue weighted by atomic mass is 9.89. The number of anilines is 1. The van der Waals surface area contributed by atoms with E-state index in [0.717, 1.165) is 5.57 Å². The van der Waals surface area contributed by atoms with Crippen molar-refractivity contribution in [2.75, 3.05) is 11.4 Å². The number of rotatable bonds is 5.